The number of aryl methyl sites for hydroxylation is 2. The predicted octanol–water partition coefficient (Wildman–Crippen LogP) is 6.01. The minimum atomic E-state index is -0.375. The van der Waals surface area contributed by atoms with E-state index >= 15 is 0 Å². The Balaban J connectivity index is 1.50. The number of anilines is 1. The van der Waals surface area contributed by atoms with E-state index in [-0.39, 0.29) is 11.0 Å². The lowest BCUT2D eigenvalue weighted by molar-refractivity contribution is 0.0974. The number of hydrogen-bond acceptors (Lipinski definition) is 5. The summed E-state index contributed by atoms with van der Waals surface area (Å²) < 4.78 is 11.9. The number of benzene rings is 3. The predicted molar refractivity (Wildman–Crippen MR) is 133 cm³/mol. The maximum atomic E-state index is 12.6. The van der Waals surface area contributed by atoms with Crippen LogP contribution in [0.4, 0.5) is 5.69 Å². The van der Waals surface area contributed by atoms with Gasteiger partial charge in [0.2, 0.25) is 5.89 Å². The molecule has 0 radical (unpaired) electrons. The van der Waals surface area contributed by atoms with E-state index in [9.17, 15) is 4.79 Å². The summed E-state index contributed by atoms with van der Waals surface area (Å²) in [4.78, 5) is 17.2. The summed E-state index contributed by atoms with van der Waals surface area (Å²) in [5, 5.41) is 5.85. The van der Waals surface area contributed by atoms with Crippen LogP contribution in [0.15, 0.2) is 63.5 Å². The fourth-order valence-electron chi connectivity index (χ4n) is 3.19. The van der Waals surface area contributed by atoms with Crippen molar-refractivity contribution in [2.75, 3.05) is 12.4 Å². The molecular weight excluding hydrogens is 490 g/mol. The zero-order valence-electron chi connectivity index (χ0n) is 17.7. The van der Waals surface area contributed by atoms with Crippen molar-refractivity contribution in [3.8, 4) is 17.2 Å². The highest BCUT2D eigenvalue weighted by Crippen LogP contribution is 2.28. The molecule has 1 amide bonds. The Morgan fingerprint density at radius 1 is 1.06 bits per heavy atom. The third-order valence-corrected chi connectivity index (χ3v) is 5.73. The van der Waals surface area contributed by atoms with Crippen LogP contribution in [0.2, 0.25) is 0 Å². The molecule has 0 aliphatic heterocycles. The summed E-state index contributed by atoms with van der Waals surface area (Å²) >= 11 is 8.68. The number of thiocarbonyl (C=S) groups is 1. The monoisotopic (exact) mass is 509 g/mol. The van der Waals surface area contributed by atoms with Crippen LogP contribution >= 0.6 is 28.1 Å². The number of ether oxygens (including phenoxy) is 1. The van der Waals surface area contributed by atoms with Gasteiger partial charge in [-0.25, -0.2) is 4.98 Å². The second kappa shape index (κ2) is 9.10. The lowest BCUT2D eigenvalue weighted by atomic mass is 10.1. The number of nitrogens with zero attached hydrogens (tertiary/aromatic N) is 1. The highest BCUT2D eigenvalue weighted by molar-refractivity contribution is 9.10. The van der Waals surface area contributed by atoms with E-state index in [2.05, 4.69) is 51.5 Å². The lowest BCUT2D eigenvalue weighted by Crippen LogP contribution is -2.34. The highest BCUT2D eigenvalue weighted by atomic mass is 79.9. The largest absolute Gasteiger partial charge is 0.496 e. The van der Waals surface area contributed by atoms with Crippen LogP contribution in [0.1, 0.15) is 21.5 Å². The molecule has 3 aromatic carbocycles. The molecule has 0 fully saturated rings. The van der Waals surface area contributed by atoms with Gasteiger partial charge in [-0.2, -0.15) is 0 Å². The van der Waals surface area contributed by atoms with Gasteiger partial charge in [0.15, 0.2) is 10.7 Å². The molecule has 6 nitrogen and oxygen atoms in total. The van der Waals surface area contributed by atoms with Crippen LogP contribution in [0, 0.1) is 13.8 Å². The molecule has 32 heavy (non-hydrogen) atoms. The maximum Gasteiger partial charge on any atom is 0.261 e. The molecule has 162 valence electrons. The third kappa shape index (κ3) is 4.66. The fourth-order valence-corrected chi connectivity index (χ4v) is 3.77. The van der Waals surface area contributed by atoms with E-state index < -0.39 is 0 Å². The minimum Gasteiger partial charge on any atom is -0.496 e. The van der Waals surface area contributed by atoms with Crippen molar-refractivity contribution in [2.24, 2.45) is 0 Å². The summed E-state index contributed by atoms with van der Waals surface area (Å²) in [7, 11) is 1.51. The van der Waals surface area contributed by atoms with E-state index in [4.69, 9.17) is 21.4 Å². The fraction of sp³-hybridized carbons (Fsp3) is 0.125. The first-order valence-electron chi connectivity index (χ1n) is 9.78. The van der Waals surface area contributed by atoms with Gasteiger partial charge in [-0.05, 0) is 85.7 Å². The number of aromatic nitrogens is 1. The normalized spacial score (nSPS) is 10.8. The van der Waals surface area contributed by atoms with Crippen LogP contribution in [-0.2, 0) is 0 Å². The van der Waals surface area contributed by atoms with Gasteiger partial charge < -0.3 is 14.5 Å². The molecule has 1 heterocycles. The first-order chi connectivity index (χ1) is 15.3. The Hall–Kier alpha value is -3.23. The molecular formula is C24H20BrN3O3S. The number of carbonyl (C=O) groups is 1. The standard InChI is InChI=1S/C24H20BrN3O3S/c1-13-4-5-15(10-14(13)2)23-27-19-12-17(7-9-21(19)31-23)26-24(32)28-22(29)18-11-16(25)6-8-20(18)30-3/h4-12H,1-3H3,(H2,26,28,29,32). The topological polar surface area (TPSA) is 76.4 Å². The first kappa shape index (κ1) is 22.0. The Morgan fingerprint density at radius 3 is 2.62 bits per heavy atom. The number of rotatable bonds is 4. The van der Waals surface area contributed by atoms with Crippen molar-refractivity contribution in [1.82, 2.24) is 10.3 Å². The van der Waals surface area contributed by atoms with Crippen molar-refractivity contribution in [1.29, 1.82) is 0 Å². The zero-order chi connectivity index (χ0) is 22.8. The molecule has 0 spiro atoms. The van der Waals surface area contributed by atoms with E-state index in [1.807, 2.05) is 30.3 Å². The average molecular weight is 510 g/mol. The van der Waals surface area contributed by atoms with Gasteiger partial charge in [0.1, 0.15) is 11.3 Å². The Labute approximate surface area is 199 Å². The molecule has 4 rings (SSSR count). The van der Waals surface area contributed by atoms with E-state index in [1.54, 1.807) is 18.2 Å². The number of nitrogens with one attached hydrogen (secondary N) is 2. The molecule has 0 atom stereocenters. The lowest BCUT2D eigenvalue weighted by Gasteiger charge is -2.12. The summed E-state index contributed by atoms with van der Waals surface area (Å²) in [5.74, 6) is 0.634. The van der Waals surface area contributed by atoms with Crippen molar-refractivity contribution in [2.45, 2.75) is 13.8 Å². The summed E-state index contributed by atoms with van der Waals surface area (Å²) in [6, 6.07) is 16.7. The first-order valence-corrected chi connectivity index (χ1v) is 11.0. The summed E-state index contributed by atoms with van der Waals surface area (Å²) in [6.07, 6.45) is 0. The minimum absolute atomic E-state index is 0.161. The molecule has 0 bridgehead atoms. The molecule has 0 saturated heterocycles. The van der Waals surface area contributed by atoms with Crippen LogP contribution in [0.3, 0.4) is 0 Å². The maximum absolute atomic E-state index is 12.6. The molecule has 8 heteroatoms. The van der Waals surface area contributed by atoms with Gasteiger partial charge in [-0.15, -0.1) is 0 Å². The van der Waals surface area contributed by atoms with Crippen LogP contribution in [0.5, 0.6) is 5.75 Å². The van der Waals surface area contributed by atoms with Gasteiger partial charge in [0, 0.05) is 15.7 Å². The number of hydrogen-bond donors (Lipinski definition) is 2. The van der Waals surface area contributed by atoms with Crippen molar-refractivity contribution < 1.29 is 13.9 Å². The summed E-state index contributed by atoms with van der Waals surface area (Å²) in [6.45, 7) is 4.12. The Kier molecular flexibility index (Phi) is 6.25. The van der Waals surface area contributed by atoms with Gasteiger partial charge in [-0.3, -0.25) is 10.1 Å². The van der Waals surface area contributed by atoms with Crippen LogP contribution in [0.25, 0.3) is 22.6 Å². The number of carbonyl (C=O) groups excluding carboxylic acids is 1. The molecule has 0 unspecified atom stereocenters. The van der Waals surface area contributed by atoms with E-state index in [0.717, 1.165) is 10.0 Å². The Morgan fingerprint density at radius 2 is 1.88 bits per heavy atom. The Bertz CT molecular complexity index is 1350. The van der Waals surface area contributed by atoms with Crippen molar-refractivity contribution in [3.63, 3.8) is 0 Å². The van der Waals surface area contributed by atoms with Gasteiger partial charge in [0.25, 0.3) is 5.91 Å². The second-order valence-electron chi connectivity index (χ2n) is 7.25. The average Bonchev–Trinajstić information content (AvgIpc) is 3.19. The SMILES string of the molecule is COc1ccc(Br)cc1C(=O)NC(=S)Nc1ccc2oc(-c3ccc(C)c(C)c3)nc2c1. The quantitative estimate of drug-likeness (QED) is 0.328. The van der Waals surface area contributed by atoms with Gasteiger partial charge in [0.05, 0.1) is 12.7 Å². The molecule has 0 aliphatic carbocycles. The van der Waals surface area contributed by atoms with E-state index in [0.29, 0.717) is 34.0 Å². The highest BCUT2D eigenvalue weighted by Gasteiger charge is 2.15. The van der Waals surface area contributed by atoms with Crippen LogP contribution in [-0.4, -0.2) is 23.1 Å². The second-order valence-corrected chi connectivity index (χ2v) is 8.58. The number of amides is 1. The van der Waals surface area contributed by atoms with Crippen LogP contribution < -0.4 is 15.4 Å². The molecule has 0 aliphatic rings. The number of fused-ring (bicyclic) bond motifs is 1. The van der Waals surface area contributed by atoms with Crippen molar-refractivity contribution >= 4 is 56.0 Å². The molecule has 1 aromatic heterocycles. The summed E-state index contributed by atoms with van der Waals surface area (Å²) in [5.41, 5.74) is 5.72. The molecule has 2 N–H and O–H groups in total. The smallest absolute Gasteiger partial charge is 0.261 e. The number of oxazole rings is 1. The number of halogens is 1. The zero-order valence-corrected chi connectivity index (χ0v) is 20.1. The number of methoxy groups -OCH3 is 1. The van der Waals surface area contributed by atoms with E-state index in [1.165, 1.54) is 18.2 Å². The van der Waals surface area contributed by atoms with Crippen molar-refractivity contribution in [3.05, 3.63) is 75.8 Å². The van der Waals surface area contributed by atoms with Gasteiger partial charge >= 0.3 is 0 Å². The van der Waals surface area contributed by atoms with Gasteiger partial charge in [-0.1, -0.05) is 22.0 Å². The molecule has 0 saturated carbocycles. The third-order valence-electron chi connectivity index (χ3n) is 5.03. The molecule has 4 aromatic rings.